The first-order valence-corrected chi connectivity index (χ1v) is 16.1. The number of hydrogen-bond donors (Lipinski definition) is 0. The van der Waals surface area contributed by atoms with E-state index in [9.17, 15) is 0 Å². The van der Waals surface area contributed by atoms with Crippen LogP contribution in [0, 0.1) is 0 Å². The molecule has 9 rings (SSSR count). The Morgan fingerprint density at radius 3 is 1.94 bits per heavy atom. The lowest BCUT2D eigenvalue weighted by molar-refractivity contribution is -0.585. The number of nitrogens with zero attached hydrogens (tertiary/aromatic N) is 3. The van der Waals surface area contributed by atoms with Crippen molar-refractivity contribution in [3.05, 3.63) is 182 Å². The number of fused-ring (bicyclic) bond motifs is 4. The van der Waals surface area contributed by atoms with Crippen LogP contribution in [0.2, 0.25) is 0 Å². The van der Waals surface area contributed by atoms with Gasteiger partial charge in [-0.3, -0.25) is 0 Å². The SMILES string of the molecule is c1ccc(-c2ccc(N(c3ccccc3)c3ccc4c(c3)oc3cccc(-c5nc6ccccc6c[n+]5-c5ccccc5)c34)cc2)cc1. The molecule has 0 saturated carbocycles. The lowest BCUT2D eigenvalue weighted by Gasteiger charge is -2.25. The Morgan fingerprint density at radius 2 is 1.15 bits per heavy atom. The fourth-order valence-corrected chi connectivity index (χ4v) is 6.64. The van der Waals surface area contributed by atoms with Crippen molar-refractivity contribution in [1.29, 1.82) is 0 Å². The predicted molar refractivity (Wildman–Crippen MR) is 196 cm³/mol. The Balaban J connectivity index is 1.20. The van der Waals surface area contributed by atoms with Crippen LogP contribution in [0.15, 0.2) is 187 Å². The maximum Gasteiger partial charge on any atom is 0.336 e. The summed E-state index contributed by atoms with van der Waals surface area (Å²) in [6.45, 7) is 0. The van der Waals surface area contributed by atoms with Gasteiger partial charge in [0.2, 0.25) is 0 Å². The highest BCUT2D eigenvalue weighted by molar-refractivity contribution is 6.12. The average molecular weight is 617 g/mol. The third-order valence-corrected chi connectivity index (χ3v) is 8.92. The van der Waals surface area contributed by atoms with E-state index in [0.717, 1.165) is 67.0 Å². The standard InChI is InChI=1S/C44H30N3O/c1-4-13-31(14-5-1)32-23-25-36(26-24-32)47(35-18-8-3-9-19-35)37-27-28-38-42(29-37)48-41-22-12-20-39(43(38)41)44-45-40-21-11-10-15-33(40)30-46(44)34-16-6-2-7-17-34/h1-30H/q+1. The normalized spacial score (nSPS) is 11.3. The summed E-state index contributed by atoms with van der Waals surface area (Å²) < 4.78 is 8.80. The summed E-state index contributed by atoms with van der Waals surface area (Å²) in [5, 5.41) is 3.17. The van der Waals surface area contributed by atoms with E-state index in [0.29, 0.717) is 0 Å². The lowest BCUT2D eigenvalue weighted by Crippen LogP contribution is -2.34. The maximum atomic E-state index is 6.62. The molecule has 4 heteroatoms. The van der Waals surface area contributed by atoms with Gasteiger partial charge < -0.3 is 9.32 Å². The van der Waals surface area contributed by atoms with Crippen molar-refractivity contribution in [2.45, 2.75) is 0 Å². The molecule has 0 unspecified atom stereocenters. The molecule has 226 valence electrons. The van der Waals surface area contributed by atoms with Gasteiger partial charge in [-0.25, -0.2) is 0 Å². The van der Waals surface area contributed by atoms with E-state index in [1.54, 1.807) is 0 Å². The molecule has 0 aliphatic rings. The molecule has 0 radical (unpaired) electrons. The van der Waals surface area contributed by atoms with Gasteiger partial charge in [-0.1, -0.05) is 97.1 Å². The van der Waals surface area contributed by atoms with Gasteiger partial charge in [-0.2, -0.15) is 4.57 Å². The van der Waals surface area contributed by atoms with Gasteiger partial charge >= 0.3 is 5.82 Å². The van der Waals surface area contributed by atoms with E-state index in [1.165, 1.54) is 11.1 Å². The Morgan fingerprint density at radius 1 is 0.500 bits per heavy atom. The zero-order valence-electron chi connectivity index (χ0n) is 26.1. The summed E-state index contributed by atoms with van der Waals surface area (Å²) in [6, 6.07) is 61.1. The van der Waals surface area contributed by atoms with Gasteiger partial charge in [0.15, 0.2) is 5.52 Å². The molecule has 4 nitrogen and oxygen atoms in total. The summed E-state index contributed by atoms with van der Waals surface area (Å²) in [7, 11) is 0. The van der Waals surface area contributed by atoms with Crippen LogP contribution in [-0.2, 0) is 0 Å². The van der Waals surface area contributed by atoms with Crippen molar-refractivity contribution in [2.24, 2.45) is 0 Å². The van der Waals surface area contributed by atoms with E-state index < -0.39 is 0 Å². The second-order valence-corrected chi connectivity index (χ2v) is 11.9. The van der Waals surface area contributed by atoms with E-state index in [-0.39, 0.29) is 0 Å². The van der Waals surface area contributed by atoms with Crippen molar-refractivity contribution in [2.75, 3.05) is 4.90 Å². The molecular formula is C44H30N3O+. The van der Waals surface area contributed by atoms with Crippen molar-refractivity contribution >= 4 is 49.9 Å². The van der Waals surface area contributed by atoms with Crippen LogP contribution < -0.4 is 9.47 Å². The quantitative estimate of drug-likeness (QED) is 0.174. The molecule has 2 heterocycles. The zero-order chi connectivity index (χ0) is 31.9. The maximum absolute atomic E-state index is 6.62. The number of para-hydroxylation sites is 3. The molecule has 9 aromatic rings. The largest absolute Gasteiger partial charge is 0.456 e. The number of furan rings is 1. The smallest absolute Gasteiger partial charge is 0.336 e. The van der Waals surface area contributed by atoms with Crippen LogP contribution >= 0.6 is 0 Å². The summed E-state index contributed by atoms with van der Waals surface area (Å²) in [5.74, 6) is 0.863. The first kappa shape index (κ1) is 27.8. The fraction of sp³-hybridized carbons (Fsp3) is 0. The van der Waals surface area contributed by atoms with Crippen LogP contribution in [0.4, 0.5) is 17.1 Å². The van der Waals surface area contributed by atoms with Gasteiger partial charge in [0.1, 0.15) is 23.1 Å². The van der Waals surface area contributed by atoms with Crippen molar-refractivity contribution in [3.63, 3.8) is 0 Å². The van der Waals surface area contributed by atoms with Crippen LogP contribution in [-0.4, -0.2) is 4.98 Å². The molecule has 0 amide bonds. The van der Waals surface area contributed by atoms with Gasteiger partial charge in [0.25, 0.3) is 0 Å². The van der Waals surface area contributed by atoms with Crippen LogP contribution in [0.25, 0.3) is 61.0 Å². The Labute approximate surface area is 278 Å². The van der Waals surface area contributed by atoms with Crippen LogP contribution in [0.3, 0.4) is 0 Å². The first-order chi connectivity index (χ1) is 23.8. The molecule has 0 fully saturated rings. The number of aromatic nitrogens is 2. The minimum atomic E-state index is 0.823. The van der Waals surface area contributed by atoms with E-state index in [4.69, 9.17) is 9.40 Å². The molecule has 2 aromatic heterocycles. The van der Waals surface area contributed by atoms with Crippen molar-refractivity contribution in [1.82, 2.24) is 4.98 Å². The summed E-state index contributed by atoms with van der Waals surface area (Å²) in [6.07, 6.45) is 2.17. The number of anilines is 3. The zero-order valence-corrected chi connectivity index (χ0v) is 26.1. The highest BCUT2D eigenvalue weighted by Gasteiger charge is 2.24. The second-order valence-electron chi connectivity index (χ2n) is 11.9. The number of hydrogen-bond acceptors (Lipinski definition) is 3. The van der Waals surface area contributed by atoms with Crippen LogP contribution in [0.1, 0.15) is 0 Å². The molecule has 48 heavy (non-hydrogen) atoms. The summed E-state index contributed by atoms with van der Waals surface area (Å²) in [4.78, 5) is 7.50. The second kappa shape index (κ2) is 11.7. The lowest BCUT2D eigenvalue weighted by atomic mass is 10.0. The fourth-order valence-electron chi connectivity index (χ4n) is 6.64. The molecule has 0 aliphatic carbocycles. The minimum absolute atomic E-state index is 0.823. The third kappa shape index (κ3) is 4.88. The Hall–Kier alpha value is -6.52. The van der Waals surface area contributed by atoms with E-state index in [1.807, 2.05) is 30.3 Å². The number of rotatable bonds is 6. The molecule has 0 saturated heterocycles. The van der Waals surface area contributed by atoms with E-state index in [2.05, 4.69) is 161 Å². The molecule has 0 N–H and O–H groups in total. The van der Waals surface area contributed by atoms with Gasteiger partial charge in [0, 0.05) is 33.9 Å². The molecule has 0 aliphatic heterocycles. The highest BCUT2D eigenvalue weighted by Crippen LogP contribution is 2.41. The van der Waals surface area contributed by atoms with Gasteiger partial charge in [-0.15, -0.1) is 0 Å². The molecule has 0 spiro atoms. The van der Waals surface area contributed by atoms with E-state index >= 15 is 0 Å². The van der Waals surface area contributed by atoms with Crippen LogP contribution in [0.5, 0.6) is 0 Å². The average Bonchev–Trinajstić information content (AvgIpc) is 3.54. The molecule has 0 atom stereocenters. The first-order valence-electron chi connectivity index (χ1n) is 16.1. The molecular weight excluding hydrogens is 587 g/mol. The third-order valence-electron chi connectivity index (χ3n) is 8.92. The summed E-state index contributed by atoms with van der Waals surface area (Å²) >= 11 is 0. The summed E-state index contributed by atoms with van der Waals surface area (Å²) in [5.41, 5.74) is 10.2. The van der Waals surface area contributed by atoms with Crippen molar-refractivity contribution in [3.8, 4) is 28.2 Å². The molecule has 0 bridgehead atoms. The van der Waals surface area contributed by atoms with Gasteiger partial charge in [0.05, 0.1) is 10.9 Å². The topological polar surface area (TPSA) is 33.2 Å². The number of benzene rings is 7. The minimum Gasteiger partial charge on any atom is -0.456 e. The monoisotopic (exact) mass is 616 g/mol. The van der Waals surface area contributed by atoms with Gasteiger partial charge in [-0.05, 0) is 88.9 Å². The molecule has 7 aromatic carbocycles. The Kier molecular flexibility index (Phi) is 6.76. The predicted octanol–water partition coefficient (Wildman–Crippen LogP) is 11.2. The van der Waals surface area contributed by atoms with Crippen molar-refractivity contribution < 1.29 is 8.98 Å². The Bertz CT molecular complexity index is 2540. The highest BCUT2D eigenvalue weighted by atomic mass is 16.3.